The Morgan fingerprint density at radius 1 is 1.25 bits per heavy atom. The molecule has 24 heavy (non-hydrogen) atoms. The van der Waals surface area contributed by atoms with Crippen LogP contribution in [0.4, 0.5) is 5.69 Å². The third-order valence-electron chi connectivity index (χ3n) is 3.05. The molecule has 1 heterocycles. The van der Waals surface area contributed by atoms with Crippen molar-refractivity contribution in [2.45, 2.75) is 6.92 Å². The molecular formula is C17H17N3O4. The molecule has 124 valence electrons. The third-order valence-corrected chi connectivity index (χ3v) is 3.05. The van der Waals surface area contributed by atoms with Crippen LogP contribution < -0.4 is 10.1 Å². The van der Waals surface area contributed by atoms with Crippen molar-refractivity contribution in [1.29, 1.82) is 0 Å². The van der Waals surface area contributed by atoms with Crippen molar-refractivity contribution in [2.75, 3.05) is 13.2 Å². The zero-order chi connectivity index (χ0) is 17.4. The van der Waals surface area contributed by atoms with E-state index in [1.54, 1.807) is 24.3 Å². The van der Waals surface area contributed by atoms with Gasteiger partial charge in [-0.15, -0.1) is 0 Å². The minimum atomic E-state index is -0.486. The Morgan fingerprint density at radius 2 is 2.00 bits per heavy atom. The molecule has 2 aromatic rings. The molecule has 0 bridgehead atoms. The van der Waals surface area contributed by atoms with Gasteiger partial charge in [-0.1, -0.05) is 18.2 Å². The molecule has 0 aliphatic rings. The number of likely N-dealkylation sites (N-methyl/N-ethyl adjacent to an activating group) is 1. The number of ether oxygens (including phenoxy) is 1. The molecule has 0 atom stereocenters. The topological polar surface area (TPSA) is 94.4 Å². The van der Waals surface area contributed by atoms with Crippen molar-refractivity contribution in [3.63, 3.8) is 0 Å². The van der Waals surface area contributed by atoms with E-state index in [1.165, 1.54) is 12.3 Å². The van der Waals surface area contributed by atoms with Crippen LogP contribution in [0.25, 0.3) is 12.2 Å². The van der Waals surface area contributed by atoms with Crippen LogP contribution in [-0.2, 0) is 4.79 Å². The number of carbonyl (C=O) groups excluding carboxylic acids is 1. The van der Waals surface area contributed by atoms with Crippen LogP contribution in [0.15, 0.2) is 42.6 Å². The minimum Gasteiger partial charge on any atom is -0.484 e. The quantitative estimate of drug-likeness (QED) is 0.623. The van der Waals surface area contributed by atoms with Crippen molar-refractivity contribution in [3.05, 3.63) is 64.0 Å². The van der Waals surface area contributed by atoms with Crippen LogP contribution >= 0.6 is 0 Å². The summed E-state index contributed by atoms with van der Waals surface area (Å²) in [7, 11) is 0. The molecular weight excluding hydrogens is 310 g/mol. The van der Waals surface area contributed by atoms with Crippen molar-refractivity contribution >= 4 is 23.7 Å². The maximum Gasteiger partial charge on any atom is 0.287 e. The van der Waals surface area contributed by atoms with Gasteiger partial charge >= 0.3 is 0 Å². The van der Waals surface area contributed by atoms with Crippen LogP contribution in [0, 0.1) is 10.1 Å². The molecule has 0 fully saturated rings. The number of rotatable bonds is 7. The van der Waals surface area contributed by atoms with Gasteiger partial charge in [0.25, 0.3) is 11.6 Å². The number of carbonyl (C=O) groups is 1. The maximum absolute atomic E-state index is 11.3. The van der Waals surface area contributed by atoms with E-state index < -0.39 is 4.92 Å². The zero-order valence-electron chi connectivity index (χ0n) is 13.1. The van der Waals surface area contributed by atoms with E-state index in [0.717, 1.165) is 5.56 Å². The highest BCUT2D eigenvalue weighted by atomic mass is 16.6. The Morgan fingerprint density at radius 3 is 2.58 bits per heavy atom. The first kappa shape index (κ1) is 17.1. The normalized spacial score (nSPS) is 10.5. The number of nitrogens with one attached hydrogen (secondary N) is 1. The number of aromatic nitrogens is 1. The van der Waals surface area contributed by atoms with E-state index in [9.17, 15) is 14.9 Å². The van der Waals surface area contributed by atoms with Crippen LogP contribution in [0.1, 0.15) is 18.2 Å². The number of hydrogen-bond acceptors (Lipinski definition) is 5. The molecule has 0 saturated heterocycles. The predicted molar refractivity (Wildman–Crippen MR) is 90.4 cm³/mol. The summed E-state index contributed by atoms with van der Waals surface area (Å²) < 4.78 is 5.36. The fraction of sp³-hybridized carbons (Fsp3) is 0.176. The highest BCUT2D eigenvalue weighted by Gasteiger charge is 2.03. The lowest BCUT2D eigenvalue weighted by Crippen LogP contribution is -2.28. The molecule has 2 rings (SSSR count). The fourth-order valence-electron chi connectivity index (χ4n) is 1.86. The Hall–Kier alpha value is -3.22. The van der Waals surface area contributed by atoms with Gasteiger partial charge in [-0.3, -0.25) is 14.9 Å². The Balaban J connectivity index is 1.93. The summed E-state index contributed by atoms with van der Waals surface area (Å²) in [6.45, 7) is 2.40. The second kappa shape index (κ2) is 8.42. The summed E-state index contributed by atoms with van der Waals surface area (Å²) >= 11 is 0. The van der Waals surface area contributed by atoms with Crippen molar-refractivity contribution in [1.82, 2.24) is 10.3 Å². The standard InChI is InChI=1S/C17H17N3O4/c1-2-18-17(21)12-24-16-9-4-13(5-10-16)3-6-14-7-8-15(11-19-14)20(22)23/h3-11H,2,12H2,1H3,(H,18,21)/b6-3+. The number of benzene rings is 1. The van der Waals surface area contributed by atoms with E-state index in [4.69, 9.17) is 4.74 Å². The summed E-state index contributed by atoms with van der Waals surface area (Å²) in [4.78, 5) is 25.4. The molecule has 0 radical (unpaired) electrons. The average molecular weight is 327 g/mol. The van der Waals surface area contributed by atoms with Gasteiger partial charge in [-0.2, -0.15) is 0 Å². The first-order valence-corrected chi connectivity index (χ1v) is 7.36. The van der Waals surface area contributed by atoms with Crippen molar-refractivity contribution in [2.24, 2.45) is 0 Å². The van der Waals surface area contributed by atoms with Gasteiger partial charge < -0.3 is 10.1 Å². The number of hydrogen-bond donors (Lipinski definition) is 1. The summed E-state index contributed by atoms with van der Waals surface area (Å²) in [5.74, 6) is 0.442. The van der Waals surface area contributed by atoms with Crippen LogP contribution in [0.5, 0.6) is 5.75 Å². The lowest BCUT2D eigenvalue weighted by molar-refractivity contribution is -0.385. The molecule has 0 saturated carbocycles. The number of nitro groups is 1. The summed E-state index contributed by atoms with van der Waals surface area (Å²) in [6.07, 6.45) is 4.81. The van der Waals surface area contributed by atoms with Crippen LogP contribution in [0.2, 0.25) is 0 Å². The van der Waals surface area contributed by atoms with Gasteiger partial charge in [0.1, 0.15) is 11.9 Å². The zero-order valence-corrected chi connectivity index (χ0v) is 13.1. The molecule has 1 aromatic heterocycles. The second-order valence-electron chi connectivity index (χ2n) is 4.84. The Bertz CT molecular complexity index is 725. The molecule has 7 nitrogen and oxygen atoms in total. The molecule has 0 unspecified atom stereocenters. The number of pyridine rings is 1. The Labute approximate surface area is 139 Å². The summed E-state index contributed by atoms with van der Waals surface area (Å²) in [6, 6.07) is 10.2. The van der Waals surface area contributed by atoms with Crippen molar-refractivity contribution < 1.29 is 14.5 Å². The molecule has 1 amide bonds. The molecule has 0 spiro atoms. The van der Waals surface area contributed by atoms with E-state index in [-0.39, 0.29) is 18.2 Å². The fourth-order valence-corrected chi connectivity index (χ4v) is 1.86. The maximum atomic E-state index is 11.3. The molecule has 0 aliphatic carbocycles. The van der Waals surface area contributed by atoms with Gasteiger partial charge in [0.2, 0.25) is 0 Å². The van der Waals surface area contributed by atoms with E-state index in [2.05, 4.69) is 10.3 Å². The van der Waals surface area contributed by atoms with Crippen molar-refractivity contribution in [3.8, 4) is 5.75 Å². The first-order chi connectivity index (χ1) is 11.6. The largest absolute Gasteiger partial charge is 0.484 e. The first-order valence-electron chi connectivity index (χ1n) is 7.36. The smallest absolute Gasteiger partial charge is 0.287 e. The van der Waals surface area contributed by atoms with Crippen LogP contribution in [-0.4, -0.2) is 29.0 Å². The monoisotopic (exact) mass is 327 g/mol. The van der Waals surface area contributed by atoms with E-state index in [1.807, 2.05) is 25.1 Å². The highest BCUT2D eigenvalue weighted by molar-refractivity contribution is 5.77. The van der Waals surface area contributed by atoms with E-state index in [0.29, 0.717) is 18.0 Å². The average Bonchev–Trinajstić information content (AvgIpc) is 2.59. The summed E-state index contributed by atoms with van der Waals surface area (Å²) in [5, 5.41) is 13.2. The van der Waals surface area contributed by atoms with Gasteiger partial charge in [0.05, 0.1) is 10.6 Å². The SMILES string of the molecule is CCNC(=O)COc1ccc(/C=C/c2ccc([N+](=O)[O-])cn2)cc1. The number of nitrogens with zero attached hydrogens (tertiary/aromatic N) is 2. The van der Waals surface area contributed by atoms with Gasteiger partial charge in [0.15, 0.2) is 6.61 Å². The number of amides is 1. The lowest BCUT2D eigenvalue weighted by atomic mass is 10.2. The predicted octanol–water partition coefficient (Wildman–Crippen LogP) is 2.68. The summed E-state index contributed by atoms with van der Waals surface area (Å²) in [5.41, 5.74) is 1.50. The lowest BCUT2D eigenvalue weighted by Gasteiger charge is -2.06. The molecule has 1 aromatic carbocycles. The van der Waals surface area contributed by atoms with Crippen LogP contribution in [0.3, 0.4) is 0 Å². The molecule has 7 heteroatoms. The third kappa shape index (κ3) is 5.20. The Kier molecular flexibility index (Phi) is 6.01. The highest BCUT2D eigenvalue weighted by Crippen LogP contribution is 2.15. The van der Waals surface area contributed by atoms with Gasteiger partial charge in [-0.05, 0) is 36.8 Å². The van der Waals surface area contributed by atoms with Gasteiger partial charge in [-0.25, -0.2) is 4.98 Å². The minimum absolute atomic E-state index is 0.0181. The molecule has 1 N–H and O–H groups in total. The molecule has 0 aliphatic heterocycles. The van der Waals surface area contributed by atoms with E-state index >= 15 is 0 Å². The van der Waals surface area contributed by atoms with Gasteiger partial charge in [0, 0.05) is 12.6 Å². The second-order valence-corrected chi connectivity index (χ2v) is 4.84.